The molecule has 0 aliphatic carbocycles. The molecule has 0 bridgehead atoms. The number of rotatable bonds is 6. The van der Waals surface area contributed by atoms with Crippen molar-refractivity contribution in [3.8, 4) is 0 Å². The fraction of sp³-hybridized carbons (Fsp3) is 0.0769. The lowest BCUT2D eigenvalue weighted by molar-refractivity contribution is -0.116. The van der Waals surface area contributed by atoms with E-state index in [0.29, 0.717) is 17.1 Å². The van der Waals surface area contributed by atoms with Crippen molar-refractivity contribution in [3.05, 3.63) is 127 Å². The van der Waals surface area contributed by atoms with Crippen molar-refractivity contribution in [3.63, 3.8) is 0 Å². The SMILES string of the molecule is CC(=O)N(c1nc(N(C(C)=O)c2cccc3ccccc23)nc(N(C(C)=O)c2cccc3ccccc23)n1)c1cccc2ccccc12. The summed E-state index contributed by atoms with van der Waals surface area (Å²) < 4.78 is 0. The van der Waals surface area contributed by atoms with Gasteiger partial charge in [0, 0.05) is 36.9 Å². The smallest absolute Gasteiger partial charge is 0.243 e. The Balaban J connectivity index is 1.53. The fourth-order valence-electron chi connectivity index (χ4n) is 6.11. The molecule has 0 saturated heterocycles. The van der Waals surface area contributed by atoms with E-state index in [-0.39, 0.29) is 35.6 Å². The van der Waals surface area contributed by atoms with Gasteiger partial charge in [0.15, 0.2) is 0 Å². The number of carbonyl (C=O) groups excluding carboxylic acids is 3. The molecule has 0 spiro atoms. The molecule has 0 saturated carbocycles. The zero-order valence-corrected chi connectivity index (χ0v) is 26.5. The largest absolute Gasteiger partial charge is 0.274 e. The molecule has 3 amide bonds. The van der Waals surface area contributed by atoms with E-state index in [4.69, 9.17) is 15.0 Å². The van der Waals surface area contributed by atoms with Gasteiger partial charge in [-0.25, -0.2) is 14.7 Å². The summed E-state index contributed by atoms with van der Waals surface area (Å²) in [5, 5.41) is 5.14. The third-order valence-electron chi connectivity index (χ3n) is 8.17. The van der Waals surface area contributed by atoms with Crippen LogP contribution in [0.15, 0.2) is 127 Å². The third kappa shape index (κ3) is 5.37. The molecule has 0 N–H and O–H groups in total. The minimum Gasteiger partial charge on any atom is -0.274 e. The van der Waals surface area contributed by atoms with Crippen molar-refractivity contribution in [1.82, 2.24) is 15.0 Å². The summed E-state index contributed by atoms with van der Waals surface area (Å²) in [6, 6.07) is 39.9. The van der Waals surface area contributed by atoms with E-state index in [0.717, 1.165) is 32.3 Å². The van der Waals surface area contributed by atoms with Crippen LogP contribution in [0.2, 0.25) is 0 Å². The topological polar surface area (TPSA) is 99.6 Å². The van der Waals surface area contributed by atoms with Crippen molar-refractivity contribution in [2.24, 2.45) is 0 Å². The lowest BCUT2D eigenvalue weighted by Gasteiger charge is -2.27. The normalized spacial score (nSPS) is 11.1. The van der Waals surface area contributed by atoms with Gasteiger partial charge in [0.05, 0.1) is 17.1 Å². The molecule has 48 heavy (non-hydrogen) atoms. The quantitative estimate of drug-likeness (QED) is 0.183. The van der Waals surface area contributed by atoms with Crippen LogP contribution >= 0.6 is 0 Å². The lowest BCUT2D eigenvalue weighted by Crippen LogP contribution is -2.32. The Morgan fingerprint density at radius 3 is 0.896 bits per heavy atom. The zero-order chi connectivity index (χ0) is 33.4. The van der Waals surface area contributed by atoms with E-state index in [1.807, 2.05) is 127 Å². The second-order valence-electron chi connectivity index (χ2n) is 11.3. The second kappa shape index (κ2) is 12.4. The Bertz CT molecular complexity index is 2100. The Hall–Kier alpha value is -6.48. The first kappa shape index (κ1) is 30.2. The van der Waals surface area contributed by atoms with Crippen LogP contribution in [0.4, 0.5) is 34.9 Å². The predicted molar refractivity (Wildman–Crippen MR) is 190 cm³/mol. The summed E-state index contributed by atoms with van der Waals surface area (Å²) in [5.41, 5.74) is 1.63. The summed E-state index contributed by atoms with van der Waals surface area (Å²) in [7, 11) is 0. The number of fused-ring (bicyclic) bond motifs is 3. The molecular formula is C39H30N6O3. The Morgan fingerprint density at radius 1 is 0.375 bits per heavy atom. The highest BCUT2D eigenvalue weighted by atomic mass is 16.2. The molecule has 0 aliphatic heterocycles. The molecule has 0 fully saturated rings. The van der Waals surface area contributed by atoms with Crippen LogP contribution in [0.25, 0.3) is 32.3 Å². The lowest BCUT2D eigenvalue weighted by atomic mass is 10.1. The summed E-state index contributed by atoms with van der Waals surface area (Å²) in [4.78, 5) is 59.3. The molecule has 7 aromatic rings. The van der Waals surface area contributed by atoms with E-state index < -0.39 is 0 Å². The number of anilines is 6. The van der Waals surface area contributed by atoms with Gasteiger partial charge in [0.2, 0.25) is 35.6 Å². The molecule has 0 aliphatic rings. The highest BCUT2D eigenvalue weighted by Gasteiger charge is 2.29. The van der Waals surface area contributed by atoms with Crippen LogP contribution in [-0.4, -0.2) is 32.7 Å². The fourth-order valence-corrected chi connectivity index (χ4v) is 6.11. The highest BCUT2D eigenvalue weighted by molar-refractivity contribution is 6.10. The molecule has 1 heterocycles. The first-order valence-corrected chi connectivity index (χ1v) is 15.4. The van der Waals surface area contributed by atoms with E-state index >= 15 is 0 Å². The minimum absolute atomic E-state index is 0.0446. The molecule has 0 unspecified atom stereocenters. The van der Waals surface area contributed by atoms with Gasteiger partial charge in [-0.2, -0.15) is 15.0 Å². The van der Waals surface area contributed by atoms with Crippen molar-refractivity contribution < 1.29 is 14.4 Å². The second-order valence-corrected chi connectivity index (χ2v) is 11.3. The van der Waals surface area contributed by atoms with Crippen LogP contribution in [0.5, 0.6) is 0 Å². The molecular weight excluding hydrogens is 600 g/mol. The first-order chi connectivity index (χ1) is 23.3. The van der Waals surface area contributed by atoms with Crippen LogP contribution in [0.3, 0.4) is 0 Å². The molecule has 0 radical (unpaired) electrons. The Kier molecular flexibility index (Phi) is 7.78. The predicted octanol–water partition coefficient (Wildman–Crippen LogP) is 8.39. The van der Waals surface area contributed by atoms with Gasteiger partial charge in [-0.15, -0.1) is 0 Å². The molecule has 0 atom stereocenters. The van der Waals surface area contributed by atoms with Gasteiger partial charge >= 0.3 is 0 Å². The average Bonchev–Trinajstić information content (AvgIpc) is 3.08. The highest BCUT2D eigenvalue weighted by Crippen LogP contribution is 2.38. The Labute approximate surface area is 276 Å². The van der Waals surface area contributed by atoms with Crippen molar-refractivity contribution in [2.75, 3.05) is 14.7 Å². The summed E-state index contributed by atoms with van der Waals surface area (Å²) >= 11 is 0. The minimum atomic E-state index is -0.367. The monoisotopic (exact) mass is 630 g/mol. The molecule has 9 heteroatoms. The average molecular weight is 631 g/mol. The third-order valence-corrected chi connectivity index (χ3v) is 8.17. The van der Waals surface area contributed by atoms with Crippen molar-refractivity contribution in [2.45, 2.75) is 20.8 Å². The van der Waals surface area contributed by atoms with Gasteiger partial charge in [-0.1, -0.05) is 109 Å². The van der Waals surface area contributed by atoms with Gasteiger partial charge in [-0.3, -0.25) is 14.4 Å². The number of hydrogen-bond donors (Lipinski definition) is 0. The van der Waals surface area contributed by atoms with E-state index in [9.17, 15) is 14.4 Å². The zero-order valence-electron chi connectivity index (χ0n) is 26.5. The number of nitrogens with zero attached hydrogens (tertiary/aromatic N) is 6. The number of aromatic nitrogens is 3. The van der Waals surface area contributed by atoms with E-state index in [1.165, 1.54) is 35.5 Å². The Morgan fingerprint density at radius 2 is 0.625 bits per heavy atom. The maximum atomic E-state index is 13.6. The number of amides is 3. The van der Waals surface area contributed by atoms with Gasteiger partial charge in [-0.05, 0) is 34.4 Å². The molecule has 9 nitrogen and oxygen atoms in total. The van der Waals surface area contributed by atoms with Gasteiger partial charge < -0.3 is 0 Å². The van der Waals surface area contributed by atoms with Crippen LogP contribution in [-0.2, 0) is 14.4 Å². The van der Waals surface area contributed by atoms with Crippen LogP contribution in [0, 0.1) is 0 Å². The molecule has 234 valence electrons. The number of carbonyl (C=O) groups is 3. The van der Waals surface area contributed by atoms with E-state index in [1.54, 1.807) is 0 Å². The number of hydrogen-bond acceptors (Lipinski definition) is 6. The van der Waals surface area contributed by atoms with Gasteiger partial charge in [0.1, 0.15) is 0 Å². The van der Waals surface area contributed by atoms with E-state index in [2.05, 4.69) is 0 Å². The van der Waals surface area contributed by atoms with Crippen LogP contribution < -0.4 is 14.7 Å². The number of benzene rings is 6. The first-order valence-electron chi connectivity index (χ1n) is 15.4. The summed E-state index contributed by atoms with van der Waals surface area (Å²) in [6.45, 7) is 4.27. The summed E-state index contributed by atoms with van der Waals surface area (Å²) in [5.74, 6) is -1.24. The molecule has 1 aromatic heterocycles. The molecule has 6 aromatic carbocycles. The summed E-state index contributed by atoms with van der Waals surface area (Å²) in [6.07, 6.45) is 0. The maximum absolute atomic E-state index is 13.6. The van der Waals surface area contributed by atoms with Crippen molar-refractivity contribution in [1.29, 1.82) is 0 Å². The molecule has 7 rings (SSSR count). The van der Waals surface area contributed by atoms with Crippen LogP contribution in [0.1, 0.15) is 20.8 Å². The maximum Gasteiger partial charge on any atom is 0.243 e. The van der Waals surface area contributed by atoms with Gasteiger partial charge in [0.25, 0.3) is 0 Å². The van der Waals surface area contributed by atoms with Crippen molar-refractivity contribution >= 4 is 84.9 Å². The standard InChI is InChI=1S/C39H30N6O3/c1-25(46)43(34-22-10-16-28-13-4-7-19-31(28)34)37-40-38(44(26(2)47)35-23-11-17-29-14-5-8-20-32(29)35)42-39(41-37)45(27(3)48)36-24-12-18-30-15-6-9-21-33(30)36/h4-24H,1-3H3.